The molecule has 2 aromatic rings. The predicted octanol–water partition coefficient (Wildman–Crippen LogP) is 3.14. The van der Waals surface area contributed by atoms with Crippen molar-refractivity contribution >= 4 is 29.1 Å². The summed E-state index contributed by atoms with van der Waals surface area (Å²) in [7, 11) is 1.66. The molecule has 0 saturated carbocycles. The minimum absolute atomic E-state index is 0.277. The molecule has 0 saturated heterocycles. The lowest BCUT2D eigenvalue weighted by atomic mass is 10.2. The van der Waals surface area contributed by atoms with Crippen molar-refractivity contribution in [2.75, 3.05) is 30.9 Å². The molecule has 7 heteroatoms. The Bertz CT molecular complexity index is 662. The van der Waals surface area contributed by atoms with Crippen LogP contribution in [0.2, 0.25) is 5.02 Å². The number of anilines is 2. The van der Waals surface area contributed by atoms with E-state index in [1.54, 1.807) is 25.3 Å². The van der Waals surface area contributed by atoms with Gasteiger partial charge in [0.05, 0.1) is 5.56 Å². The number of halogens is 1. The van der Waals surface area contributed by atoms with Crippen LogP contribution in [0.3, 0.4) is 0 Å². The zero-order valence-corrected chi connectivity index (χ0v) is 13.9. The highest BCUT2D eigenvalue weighted by Crippen LogP contribution is 2.23. The van der Waals surface area contributed by atoms with E-state index in [1.165, 1.54) is 12.4 Å². The number of carbonyl (C=O) groups excluding carboxylic acids is 1. The van der Waals surface area contributed by atoms with Crippen molar-refractivity contribution in [1.29, 1.82) is 0 Å². The van der Waals surface area contributed by atoms with Gasteiger partial charge in [-0.2, -0.15) is 0 Å². The number of aromatic nitrogens is 2. The zero-order valence-electron chi connectivity index (χ0n) is 13.1. The van der Waals surface area contributed by atoms with E-state index in [4.69, 9.17) is 16.3 Å². The highest BCUT2D eigenvalue weighted by atomic mass is 35.5. The molecule has 0 spiro atoms. The predicted molar refractivity (Wildman–Crippen MR) is 91.2 cm³/mol. The molecule has 2 N–H and O–H groups in total. The number of hydrogen-bond acceptors (Lipinski definition) is 5. The van der Waals surface area contributed by atoms with Crippen molar-refractivity contribution in [3.8, 4) is 0 Å². The van der Waals surface area contributed by atoms with Crippen LogP contribution in [0, 0.1) is 6.92 Å². The summed E-state index contributed by atoms with van der Waals surface area (Å²) < 4.78 is 4.96. The lowest BCUT2D eigenvalue weighted by Crippen LogP contribution is -2.14. The summed E-state index contributed by atoms with van der Waals surface area (Å²) in [6.07, 6.45) is 3.83. The van der Waals surface area contributed by atoms with Crippen molar-refractivity contribution in [1.82, 2.24) is 9.97 Å². The van der Waals surface area contributed by atoms with Crippen molar-refractivity contribution < 1.29 is 9.53 Å². The maximum absolute atomic E-state index is 12.2. The number of hydrogen-bond donors (Lipinski definition) is 2. The first-order chi connectivity index (χ1) is 11.1. The summed E-state index contributed by atoms with van der Waals surface area (Å²) in [5.41, 5.74) is 1.87. The fourth-order valence-corrected chi connectivity index (χ4v) is 2.07. The first kappa shape index (κ1) is 17.2. The van der Waals surface area contributed by atoms with Gasteiger partial charge in [0.1, 0.15) is 0 Å². The maximum atomic E-state index is 12.2. The van der Waals surface area contributed by atoms with Crippen molar-refractivity contribution in [3.05, 3.63) is 46.7 Å². The molecule has 0 aliphatic rings. The third-order valence-corrected chi connectivity index (χ3v) is 3.65. The molecule has 1 aromatic carbocycles. The van der Waals surface area contributed by atoms with E-state index in [0.29, 0.717) is 35.4 Å². The fourth-order valence-electron chi connectivity index (χ4n) is 1.89. The Hall–Kier alpha value is -2.18. The molecule has 23 heavy (non-hydrogen) atoms. The van der Waals surface area contributed by atoms with Gasteiger partial charge in [-0.25, -0.2) is 9.97 Å². The van der Waals surface area contributed by atoms with E-state index in [-0.39, 0.29) is 5.91 Å². The number of rotatable bonds is 7. The molecule has 0 aliphatic heterocycles. The van der Waals surface area contributed by atoms with E-state index in [0.717, 1.165) is 12.0 Å². The van der Waals surface area contributed by atoms with Crippen molar-refractivity contribution in [2.24, 2.45) is 0 Å². The average molecular weight is 335 g/mol. The van der Waals surface area contributed by atoms with Gasteiger partial charge in [-0.1, -0.05) is 17.7 Å². The lowest BCUT2D eigenvalue weighted by molar-refractivity contribution is 0.102. The van der Waals surface area contributed by atoms with Gasteiger partial charge in [0.2, 0.25) is 5.95 Å². The summed E-state index contributed by atoms with van der Waals surface area (Å²) in [6.45, 7) is 3.23. The second kappa shape index (κ2) is 8.45. The molecule has 6 nitrogen and oxygen atoms in total. The number of benzene rings is 1. The second-order valence-electron chi connectivity index (χ2n) is 4.93. The van der Waals surface area contributed by atoms with Crippen LogP contribution >= 0.6 is 11.6 Å². The van der Waals surface area contributed by atoms with Gasteiger partial charge in [0.15, 0.2) is 0 Å². The number of amides is 1. The first-order valence-corrected chi connectivity index (χ1v) is 7.61. The van der Waals surface area contributed by atoms with Crippen LogP contribution in [0.25, 0.3) is 0 Å². The molecular weight excluding hydrogens is 316 g/mol. The van der Waals surface area contributed by atoms with E-state index < -0.39 is 0 Å². The molecule has 1 amide bonds. The number of methoxy groups -OCH3 is 1. The third kappa shape index (κ3) is 4.91. The number of ether oxygens (including phenoxy) is 1. The quantitative estimate of drug-likeness (QED) is 0.761. The van der Waals surface area contributed by atoms with Gasteiger partial charge >= 0.3 is 0 Å². The molecule has 0 radical (unpaired) electrons. The SMILES string of the molecule is COCCCNc1ncc(C(=O)Nc2cccc(Cl)c2C)cn1. The third-order valence-electron chi connectivity index (χ3n) is 3.24. The molecule has 1 heterocycles. The molecule has 2 rings (SSSR count). The second-order valence-corrected chi connectivity index (χ2v) is 5.34. The number of nitrogens with one attached hydrogen (secondary N) is 2. The molecule has 0 unspecified atom stereocenters. The summed E-state index contributed by atoms with van der Waals surface area (Å²) >= 11 is 6.04. The Balaban J connectivity index is 1.96. The Morgan fingerprint density at radius 1 is 1.30 bits per heavy atom. The lowest BCUT2D eigenvalue weighted by Gasteiger charge is -2.09. The summed E-state index contributed by atoms with van der Waals surface area (Å²) in [4.78, 5) is 20.5. The van der Waals surface area contributed by atoms with Gasteiger partial charge in [0, 0.05) is 43.4 Å². The van der Waals surface area contributed by atoms with Crippen molar-refractivity contribution in [3.63, 3.8) is 0 Å². The molecule has 1 aromatic heterocycles. The van der Waals surface area contributed by atoms with Gasteiger partial charge in [-0.3, -0.25) is 4.79 Å². The van der Waals surface area contributed by atoms with E-state index in [1.807, 2.05) is 6.92 Å². The monoisotopic (exact) mass is 334 g/mol. The Labute approximate surface area is 140 Å². The molecule has 0 bridgehead atoms. The molecule has 0 fully saturated rings. The topological polar surface area (TPSA) is 76.1 Å². The molecule has 0 atom stereocenters. The fraction of sp³-hybridized carbons (Fsp3) is 0.312. The van der Waals surface area contributed by atoms with E-state index >= 15 is 0 Å². The largest absolute Gasteiger partial charge is 0.385 e. The molecule has 0 aliphatic carbocycles. The van der Waals surface area contributed by atoms with Gasteiger partial charge in [-0.15, -0.1) is 0 Å². The average Bonchev–Trinajstić information content (AvgIpc) is 2.56. The molecular formula is C16H19ClN4O2. The Morgan fingerprint density at radius 2 is 2.04 bits per heavy atom. The van der Waals surface area contributed by atoms with Gasteiger partial charge < -0.3 is 15.4 Å². The highest BCUT2D eigenvalue weighted by molar-refractivity contribution is 6.31. The van der Waals surface area contributed by atoms with Crippen LogP contribution in [-0.2, 0) is 4.74 Å². The standard InChI is InChI=1S/C16H19ClN4O2/c1-11-13(17)5-3-6-14(11)21-15(22)12-9-19-16(20-10-12)18-7-4-8-23-2/h3,5-6,9-10H,4,7-8H2,1-2H3,(H,21,22)(H,18,19,20). The van der Waals surface area contributed by atoms with Crippen LogP contribution in [0.4, 0.5) is 11.6 Å². The van der Waals surface area contributed by atoms with Gasteiger partial charge in [0.25, 0.3) is 5.91 Å². The van der Waals surface area contributed by atoms with E-state index in [2.05, 4.69) is 20.6 Å². The van der Waals surface area contributed by atoms with Crippen LogP contribution in [0.5, 0.6) is 0 Å². The Kier molecular flexibility index (Phi) is 6.31. The smallest absolute Gasteiger partial charge is 0.258 e. The number of carbonyl (C=O) groups is 1. The minimum Gasteiger partial charge on any atom is -0.385 e. The first-order valence-electron chi connectivity index (χ1n) is 7.23. The van der Waals surface area contributed by atoms with Crippen LogP contribution in [0.15, 0.2) is 30.6 Å². The van der Waals surface area contributed by atoms with Gasteiger partial charge in [-0.05, 0) is 31.0 Å². The normalized spacial score (nSPS) is 10.4. The van der Waals surface area contributed by atoms with Crippen LogP contribution < -0.4 is 10.6 Å². The zero-order chi connectivity index (χ0) is 16.7. The van der Waals surface area contributed by atoms with Crippen molar-refractivity contribution in [2.45, 2.75) is 13.3 Å². The number of nitrogens with zero attached hydrogens (tertiary/aromatic N) is 2. The highest BCUT2D eigenvalue weighted by Gasteiger charge is 2.10. The van der Waals surface area contributed by atoms with Crippen LogP contribution in [-0.4, -0.2) is 36.1 Å². The van der Waals surface area contributed by atoms with E-state index in [9.17, 15) is 4.79 Å². The summed E-state index contributed by atoms with van der Waals surface area (Å²) in [6, 6.07) is 5.36. The molecule has 122 valence electrons. The maximum Gasteiger partial charge on any atom is 0.258 e. The minimum atomic E-state index is -0.277. The Morgan fingerprint density at radius 3 is 2.74 bits per heavy atom. The summed E-state index contributed by atoms with van der Waals surface area (Å²) in [5, 5.41) is 6.47. The van der Waals surface area contributed by atoms with Crippen LogP contribution in [0.1, 0.15) is 22.3 Å². The summed E-state index contributed by atoms with van der Waals surface area (Å²) in [5.74, 6) is 0.206.